The van der Waals surface area contributed by atoms with Crippen molar-refractivity contribution in [2.45, 2.75) is 12.7 Å². The molecule has 3 nitrogen and oxygen atoms in total. The monoisotopic (exact) mass is 151 g/mol. The van der Waals surface area contributed by atoms with Gasteiger partial charge in [-0.3, -0.25) is 4.79 Å². The van der Waals surface area contributed by atoms with Crippen molar-refractivity contribution >= 4 is 17.6 Å². The van der Waals surface area contributed by atoms with E-state index in [9.17, 15) is 4.79 Å². The van der Waals surface area contributed by atoms with Crippen molar-refractivity contribution in [3.05, 3.63) is 6.92 Å². The highest BCUT2D eigenvalue weighted by molar-refractivity contribution is 6.18. The van der Waals surface area contributed by atoms with Crippen molar-refractivity contribution in [2.75, 3.05) is 5.88 Å². The van der Waals surface area contributed by atoms with Gasteiger partial charge in [-0.05, 0) is 0 Å². The van der Waals surface area contributed by atoms with Gasteiger partial charge in [0.25, 0.3) is 0 Å². The molecule has 0 heterocycles. The summed E-state index contributed by atoms with van der Waals surface area (Å²) < 4.78 is 4.21. The minimum absolute atomic E-state index is 0.105. The number of esters is 1. The van der Waals surface area contributed by atoms with E-state index in [-0.39, 0.29) is 12.3 Å². The Balaban J connectivity index is 3.27. The Morgan fingerprint density at radius 2 is 2.44 bits per heavy atom. The molecule has 1 radical (unpaired) electrons. The van der Waals surface area contributed by atoms with Gasteiger partial charge >= 0.3 is 5.97 Å². The summed E-state index contributed by atoms with van der Waals surface area (Å²) in [5.41, 5.74) is 0. The molecular formula is C5H8ClO3. The Morgan fingerprint density at radius 1 is 1.89 bits per heavy atom. The number of halogens is 1. The van der Waals surface area contributed by atoms with E-state index in [1.54, 1.807) is 0 Å². The summed E-state index contributed by atoms with van der Waals surface area (Å²) in [4.78, 5) is 10.3. The van der Waals surface area contributed by atoms with E-state index in [1.807, 2.05) is 0 Å². The van der Waals surface area contributed by atoms with Gasteiger partial charge in [0.1, 0.15) is 0 Å². The highest BCUT2D eigenvalue weighted by Crippen LogP contribution is 1.91. The van der Waals surface area contributed by atoms with Crippen LogP contribution in [0.3, 0.4) is 0 Å². The highest BCUT2D eigenvalue weighted by atomic mass is 35.5. The first-order valence-corrected chi connectivity index (χ1v) is 2.97. The Labute approximate surface area is 58.6 Å². The van der Waals surface area contributed by atoms with Crippen molar-refractivity contribution in [1.29, 1.82) is 0 Å². The molecule has 0 aliphatic rings. The summed E-state index contributed by atoms with van der Waals surface area (Å²) in [6.45, 7) is 3.03. The molecule has 0 aromatic heterocycles. The molecule has 0 amide bonds. The Morgan fingerprint density at radius 3 is 2.78 bits per heavy atom. The number of carbonyl (C=O) groups excluding carboxylic acids is 1. The van der Waals surface area contributed by atoms with Crippen LogP contribution < -0.4 is 0 Å². The van der Waals surface area contributed by atoms with E-state index in [2.05, 4.69) is 11.7 Å². The summed E-state index contributed by atoms with van der Waals surface area (Å²) in [6, 6.07) is 0. The lowest BCUT2D eigenvalue weighted by atomic mass is 10.5. The molecule has 1 N–H and O–H groups in total. The molecule has 0 aromatic carbocycles. The molecule has 9 heavy (non-hydrogen) atoms. The zero-order chi connectivity index (χ0) is 7.28. The number of aliphatic hydroxyl groups is 1. The topological polar surface area (TPSA) is 46.5 Å². The lowest BCUT2D eigenvalue weighted by Gasteiger charge is -2.03. The maximum Gasteiger partial charge on any atom is 0.309 e. The van der Waals surface area contributed by atoms with Gasteiger partial charge < -0.3 is 9.84 Å². The van der Waals surface area contributed by atoms with Crippen molar-refractivity contribution < 1.29 is 14.6 Å². The Bertz CT molecular complexity index is 92.2. The Kier molecular flexibility index (Phi) is 4.44. The van der Waals surface area contributed by atoms with Crippen LogP contribution in [0.4, 0.5) is 0 Å². The summed E-state index contributed by atoms with van der Waals surface area (Å²) in [5, 5.41) is 8.35. The number of rotatable bonds is 3. The fraction of sp³-hybridized carbons (Fsp3) is 0.600. The fourth-order valence-electron chi connectivity index (χ4n) is 0.288. The molecular weight excluding hydrogens is 144 g/mol. The summed E-state index contributed by atoms with van der Waals surface area (Å²) in [6.07, 6.45) is -1.17. The molecule has 4 heteroatoms. The lowest BCUT2D eigenvalue weighted by molar-refractivity contribution is -0.160. The third-order valence-corrected chi connectivity index (χ3v) is 0.755. The van der Waals surface area contributed by atoms with E-state index in [0.29, 0.717) is 0 Å². The molecule has 0 saturated carbocycles. The molecule has 0 aromatic rings. The van der Waals surface area contributed by atoms with Gasteiger partial charge in [0.2, 0.25) is 6.29 Å². The van der Waals surface area contributed by atoms with Crippen LogP contribution in [0.25, 0.3) is 0 Å². The fourth-order valence-corrected chi connectivity index (χ4v) is 0.442. The minimum atomic E-state index is -1.28. The predicted octanol–water partition coefficient (Wildman–Crippen LogP) is 0.311. The normalized spacial score (nSPS) is 12.8. The molecule has 1 atom stereocenters. The second kappa shape index (κ2) is 4.58. The van der Waals surface area contributed by atoms with Crippen LogP contribution >= 0.6 is 11.6 Å². The molecule has 0 aliphatic heterocycles. The van der Waals surface area contributed by atoms with Gasteiger partial charge in [-0.2, -0.15) is 0 Å². The number of hydrogen-bond acceptors (Lipinski definition) is 3. The lowest BCUT2D eigenvalue weighted by Crippen LogP contribution is -2.13. The van der Waals surface area contributed by atoms with Crippen molar-refractivity contribution in [1.82, 2.24) is 0 Å². The van der Waals surface area contributed by atoms with Crippen LogP contribution in [0.2, 0.25) is 0 Å². The summed E-state index contributed by atoms with van der Waals surface area (Å²) in [5.74, 6) is -0.335. The first-order valence-electron chi connectivity index (χ1n) is 2.43. The second-order valence-corrected chi connectivity index (χ2v) is 1.76. The van der Waals surface area contributed by atoms with Gasteiger partial charge in [0.15, 0.2) is 0 Å². The molecule has 0 spiro atoms. The van der Waals surface area contributed by atoms with E-state index >= 15 is 0 Å². The van der Waals surface area contributed by atoms with E-state index in [0.717, 1.165) is 0 Å². The zero-order valence-electron chi connectivity index (χ0n) is 4.84. The van der Waals surface area contributed by atoms with Gasteiger partial charge in [-0.1, -0.05) is 0 Å². The number of alkyl halides is 1. The standard InChI is InChI=1S/C5H8ClO3/c1-4(7)9-5(8)2-3-6/h4,7H,1-3H2. The minimum Gasteiger partial charge on any atom is -0.436 e. The second-order valence-electron chi connectivity index (χ2n) is 1.38. The van der Waals surface area contributed by atoms with Crippen LogP contribution in [-0.2, 0) is 9.53 Å². The third kappa shape index (κ3) is 5.59. The number of hydrogen-bond donors (Lipinski definition) is 1. The summed E-state index contributed by atoms with van der Waals surface area (Å²) in [7, 11) is 0. The van der Waals surface area contributed by atoms with Crippen molar-refractivity contribution in [3.63, 3.8) is 0 Å². The largest absolute Gasteiger partial charge is 0.436 e. The SMILES string of the molecule is [CH2]C(O)OC(=O)CCCl. The first kappa shape index (κ1) is 8.72. The number of carbonyl (C=O) groups is 1. The van der Waals surface area contributed by atoms with Crippen LogP contribution in [0.15, 0.2) is 0 Å². The Hall–Kier alpha value is -0.280. The van der Waals surface area contributed by atoms with Gasteiger partial charge in [0.05, 0.1) is 6.42 Å². The third-order valence-electron chi connectivity index (χ3n) is 0.566. The van der Waals surface area contributed by atoms with E-state index < -0.39 is 12.3 Å². The molecule has 0 fully saturated rings. The molecule has 0 aliphatic carbocycles. The molecule has 0 bridgehead atoms. The van der Waals surface area contributed by atoms with Crippen LogP contribution in [-0.4, -0.2) is 23.2 Å². The first-order chi connectivity index (χ1) is 4.16. The predicted molar refractivity (Wildman–Crippen MR) is 32.8 cm³/mol. The smallest absolute Gasteiger partial charge is 0.309 e. The van der Waals surface area contributed by atoms with Gasteiger partial charge in [-0.15, -0.1) is 11.6 Å². The quantitative estimate of drug-likeness (QED) is 0.359. The van der Waals surface area contributed by atoms with Crippen LogP contribution in [0.1, 0.15) is 6.42 Å². The average Bonchev–Trinajstić information content (AvgIpc) is 1.63. The zero-order valence-corrected chi connectivity index (χ0v) is 5.60. The van der Waals surface area contributed by atoms with Crippen molar-refractivity contribution in [3.8, 4) is 0 Å². The molecule has 1 unspecified atom stereocenters. The van der Waals surface area contributed by atoms with Crippen LogP contribution in [0, 0.1) is 6.92 Å². The van der Waals surface area contributed by atoms with Gasteiger partial charge in [-0.25, -0.2) is 0 Å². The molecule has 0 rings (SSSR count). The average molecular weight is 152 g/mol. The molecule has 53 valence electrons. The van der Waals surface area contributed by atoms with E-state index in [1.165, 1.54) is 0 Å². The maximum atomic E-state index is 10.3. The maximum absolute atomic E-state index is 10.3. The molecule has 0 saturated heterocycles. The van der Waals surface area contributed by atoms with E-state index in [4.69, 9.17) is 16.7 Å². The highest BCUT2D eigenvalue weighted by Gasteiger charge is 2.03. The number of aliphatic hydroxyl groups excluding tert-OH is 1. The van der Waals surface area contributed by atoms with Gasteiger partial charge in [0, 0.05) is 12.8 Å². The van der Waals surface area contributed by atoms with Crippen LogP contribution in [0.5, 0.6) is 0 Å². The van der Waals surface area contributed by atoms with Crippen molar-refractivity contribution in [2.24, 2.45) is 0 Å². The number of ether oxygens (including phenoxy) is 1. The summed E-state index contributed by atoms with van der Waals surface area (Å²) >= 11 is 5.18.